The van der Waals surface area contributed by atoms with Gasteiger partial charge < -0.3 is 19.4 Å². The molecule has 3 heterocycles. The molecular formula is C40H35N5O2. The van der Waals surface area contributed by atoms with Crippen molar-refractivity contribution in [1.82, 2.24) is 14.9 Å². The van der Waals surface area contributed by atoms with Crippen molar-refractivity contribution in [2.45, 2.75) is 5.41 Å². The summed E-state index contributed by atoms with van der Waals surface area (Å²) in [7, 11) is 2.07. The third kappa shape index (κ3) is 5.24. The number of para-hydroxylation sites is 4. The van der Waals surface area contributed by atoms with E-state index in [-0.39, 0.29) is 0 Å². The summed E-state index contributed by atoms with van der Waals surface area (Å²) in [6, 6.07) is 41.7. The van der Waals surface area contributed by atoms with Gasteiger partial charge in [0.2, 0.25) is 0 Å². The van der Waals surface area contributed by atoms with Gasteiger partial charge in [0.1, 0.15) is 41.5 Å². The monoisotopic (exact) mass is 617 g/mol. The minimum atomic E-state index is -0.601. The Hall–Kier alpha value is -5.66. The number of benzene rings is 4. The Morgan fingerprint density at radius 3 is 1.51 bits per heavy atom. The van der Waals surface area contributed by atoms with Gasteiger partial charge in [0.25, 0.3) is 0 Å². The quantitative estimate of drug-likeness (QED) is 0.182. The van der Waals surface area contributed by atoms with Crippen LogP contribution in [0.25, 0.3) is 11.1 Å². The van der Waals surface area contributed by atoms with Crippen molar-refractivity contribution in [1.29, 1.82) is 0 Å². The molecule has 0 fully saturated rings. The summed E-state index contributed by atoms with van der Waals surface area (Å²) < 4.78 is 12.4. The lowest BCUT2D eigenvalue weighted by Crippen LogP contribution is -2.29. The maximum absolute atomic E-state index is 6.20. The fourth-order valence-electron chi connectivity index (χ4n) is 6.76. The molecule has 0 radical (unpaired) electrons. The molecule has 8 rings (SSSR count). The number of aromatic nitrogens is 2. The molecule has 0 saturated carbocycles. The van der Waals surface area contributed by atoms with Gasteiger partial charge >= 0.3 is 0 Å². The van der Waals surface area contributed by atoms with Crippen LogP contribution < -0.4 is 9.47 Å². The molecule has 4 bridgehead atoms. The van der Waals surface area contributed by atoms with Crippen LogP contribution in [-0.4, -0.2) is 60.6 Å². The third-order valence-electron chi connectivity index (χ3n) is 9.05. The highest BCUT2D eigenvalue weighted by molar-refractivity contribution is 5.88. The first-order valence-corrected chi connectivity index (χ1v) is 16.0. The Labute approximate surface area is 274 Å². The van der Waals surface area contributed by atoms with E-state index < -0.39 is 5.41 Å². The summed E-state index contributed by atoms with van der Waals surface area (Å²) in [6.45, 7) is 2.58. The second-order valence-corrected chi connectivity index (χ2v) is 11.9. The van der Waals surface area contributed by atoms with Crippen molar-refractivity contribution in [2.24, 2.45) is 9.98 Å². The number of likely N-dealkylation sites (N-methyl/N-ethyl adjacent to an activating group) is 1. The number of aromatic amines is 2. The average molecular weight is 618 g/mol. The van der Waals surface area contributed by atoms with Gasteiger partial charge in [0, 0.05) is 24.5 Å². The number of hydrogen-bond donors (Lipinski definition) is 2. The number of rotatable bonds is 0. The predicted octanol–water partition coefficient (Wildman–Crippen LogP) is 7.91. The number of aliphatic imine (C=N–C) groups is 2. The van der Waals surface area contributed by atoms with Crippen LogP contribution in [0.4, 0.5) is 11.4 Å². The summed E-state index contributed by atoms with van der Waals surface area (Å²) in [5.41, 5.74) is 9.76. The van der Waals surface area contributed by atoms with E-state index in [2.05, 4.69) is 94.7 Å². The lowest BCUT2D eigenvalue weighted by molar-refractivity contribution is 0.202. The van der Waals surface area contributed by atoms with Gasteiger partial charge in [-0.15, -0.1) is 0 Å². The molecule has 0 saturated heterocycles. The fourth-order valence-corrected chi connectivity index (χ4v) is 6.76. The van der Waals surface area contributed by atoms with Gasteiger partial charge in [-0.05, 0) is 77.8 Å². The first kappa shape index (κ1) is 28.8. The molecule has 1 aliphatic heterocycles. The smallest absolute Gasteiger partial charge is 0.144 e. The minimum Gasteiger partial charge on any atom is -0.490 e. The van der Waals surface area contributed by atoms with Crippen LogP contribution >= 0.6 is 0 Å². The number of H-pyrrole nitrogens is 2. The number of hydrogen-bond acceptors (Lipinski definition) is 5. The molecule has 0 amide bonds. The Bertz CT molecular complexity index is 1960. The van der Waals surface area contributed by atoms with Crippen molar-refractivity contribution in [2.75, 3.05) is 33.4 Å². The lowest BCUT2D eigenvalue weighted by atomic mass is 9.73. The molecule has 232 valence electrons. The molecule has 2 N–H and O–H groups in total. The maximum Gasteiger partial charge on any atom is 0.144 e. The second-order valence-electron chi connectivity index (χ2n) is 11.9. The van der Waals surface area contributed by atoms with Crippen molar-refractivity contribution in [3.8, 4) is 22.6 Å². The van der Waals surface area contributed by atoms with Crippen LogP contribution in [0.5, 0.6) is 11.5 Å². The highest BCUT2D eigenvalue weighted by Gasteiger charge is 2.47. The van der Waals surface area contributed by atoms with Crippen molar-refractivity contribution in [3.05, 3.63) is 155 Å². The van der Waals surface area contributed by atoms with E-state index in [1.807, 2.05) is 61.0 Å². The molecule has 6 aromatic rings. The lowest BCUT2D eigenvalue weighted by Gasteiger charge is -2.31. The first-order valence-electron chi connectivity index (χ1n) is 16.0. The van der Waals surface area contributed by atoms with Crippen LogP contribution in [-0.2, 0) is 5.41 Å². The molecule has 1 spiro atoms. The van der Waals surface area contributed by atoms with Gasteiger partial charge in [-0.3, -0.25) is 14.9 Å². The Morgan fingerprint density at radius 2 is 1.00 bits per heavy atom. The predicted molar refractivity (Wildman–Crippen MR) is 188 cm³/mol. The van der Waals surface area contributed by atoms with Crippen molar-refractivity contribution in [3.63, 3.8) is 0 Å². The zero-order chi connectivity index (χ0) is 31.6. The molecule has 7 heteroatoms. The Balaban J connectivity index is 1.28. The minimum absolute atomic E-state index is 0.537. The summed E-state index contributed by atoms with van der Waals surface area (Å²) in [5.74, 6) is 1.51. The van der Waals surface area contributed by atoms with Crippen LogP contribution in [0, 0.1) is 0 Å². The molecule has 47 heavy (non-hydrogen) atoms. The van der Waals surface area contributed by atoms with E-state index in [9.17, 15) is 0 Å². The summed E-state index contributed by atoms with van der Waals surface area (Å²) in [5, 5.41) is 0. The topological polar surface area (TPSA) is 78.0 Å². The van der Waals surface area contributed by atoms with Crippen LogP contribution in [0.15, 0.2) is 131 Å². The van der Waals surface area contributed by atoms with E-state index in [0.29, 0.717) is 13.2 Å². The highest BCUT2D eigenvalue weighted by Crippen LogP contribution is 2.55. The second kappa shape index (κ2) is 12.3. The van der Waals surface area contributed by atoms with Gasteiger partial charge in [0.05, 0.1) is 23.8 Å². The number of fused-ring (bicyclic) bond motifs is 13. The molecule has 2 aromatic heterocycles. The normalized spacial score (nSPS) is 15.7. The molecule has 0 unspecified atom stereocenters. The van der Waals surface area contributed by atoms with Crippen LogP contribution in [0.2, 0.25) is 0 Å². The number of ether oxygens (including phenoxy) is 2. The third-order valence-corrected chi connectivity index (χ3v) is 9.05. The summed E-state index contributed by atoms with van der Waals surface area (Å²) >= 11 is 0. The number of nitrogens with zero attached hydrogens (tertiary/aromatic N) is 3. The van der Waals surface area contributed by atoms with E-state index in [0.717, 1.165) is 58.7 Å². The highest BCUT2D eigenvalue weighted by atomic mass is 16.5. The van der Waals surface area contributed by atoms with E-state index in [1.54, 1.807) is 0 Å². The average Bonchev–Trinajstić information content (AvgIpc) is 3.85. The molecule has 1 aliphatic carbocycles. The van der Waals surface area contributed by atoms with E-state index >= 15 is 0 Å². The molecule has 7 nitrogen and oxygen atoms in total. The zero-order valence-electron chi connectivity index (χ0n) is 26.2. The molecule has 4 aromatic carbocycles. The van der Waals surface area contributed by atoms with Gasteiger partial charge in [-0.2, -0.15) is 0 Å². The van der Waals surface area contributed by atoms with E-state index in [4.69, 9.17) is 19.5 Å². The summed E-state index contributed by atoms with van der Waals surface area (Å²) in [6.07, 6.45) is 3.76. The maximum atomic E-state index is 6.20. The Kier molecular flexibility index (Phi) is 7.51. The number of nitrogens with one attached hydrogen (secondary N) is 2. The van der Waals surface area contributed by atoms with Crippen molar-refractivity contribution < 1.29 is 9.47 Å². The largest absolute Gasteiger partial charge is 0.490 e. The SMILES string of the molecule is CN1CCOc2ccccc2N=Cc2ccc([nH]2)C2(c3ccc([nH]3)C=Nc3ccccc3OCC1)c1ccccc1-c1ccccc12. The first-order chi connectivity index (χ1) is 23.2. The van der Waals surface area contributed by atoms with Gasteiger partial charge in [0.15, 0.2) is 0 Å². The summed E-state index contributed by atoms with van der Waals surface area (Å²) in [4.78, 5) is 19.4. The van der Waals surface area contributed by atoms with Gasteiger partial charge in [-0.25, -0.2) is 0 Å². The molecular weight excluding hydrogens is 582 g/mol. The van der Waals surface area contributed by atoms with E-state index in [1.165, 1.54) is 22.3 Å². The fraction of sp³-hybridized carbons (Fsp3) is 0.150. The van der Waals surface area contributed by atoms with Crippen LogP contribution in [0.3, 0.4) is 0 Å². The standard InChI is InChI=1S/C40H35N5O2/c1-45-22-24-46-36-16-8-6-14-34(36)41-26-28-18-20-38(43-28)40(32-12-4-2-10-30(32)31-11-3-5-13-33(31)40)39-21-19-29(44-39)27-42-35-15-7-9-17-37(35)47-25-23-45/h2-21,26-27,43-44H,22-25H2,1H3. The van der Waals surface area contributed by atoms with Crippen molar-refractivity contribution >= 4 is 23.8 Å². The van der Waals surface area contributed by atoms with Crippen LogP contribution in [0.1, 0.15) is 33.9 Å². The van der Waals surface area contributed by atoms with Gasteiger partial charge in [-0.1, -0.05) is 72.8 Å². The Morgan fingerprint density at radius 1 is 0.553 bits per heavy atom. The molecule has 2 aliphatic rings. The zero-order valence-corrected chi connectivity index (χ0v) is 26.2. The molecule has 0 atom stereocenters.